The van der Waals surface area contributed by atoms with Crippen LogP contribution in [0, 0.1) is 0 Å². The zero-order valence-corrected chi connectivity index (χ0v) is 16.7. The van der Waals surface area contributed by atoms with Crippen LogP contribution in [0.4, 0.5) is 8.78 Å². The van der Waals surface area contributed by atoms with E-state index in [0.29, 0.717) is 31.0 Å². The van der Waals surface area contributed by atoms with Crippen molar-refractivity contribution in [2.24, 2.45) is 0 Å². The highest BCUT2D eigenvalue weighted by Crippen LogP contribution is 2.25. The summed E-state index contributed by atoms with van der Waals surface area (Å²) in [5.41, 5.74) is 1.91. The number of halogens is 4. The molecule has 1 atom stereocenters. The van der Waals surface area contributed by atoms with Crippen LogP contribution in [0.25, 0.3) is 0 Å². The fraction of sp³-hybridized carbons (Fsp3) is 0.350. The molecule has 4 nitrogen and oxygen atoms in total. The lowest BCUT2D eigenvalue weighted by atomic mass is 10.0. The van der Waals surface area contributed by atoms with E-state index in [4.69, 9.17) is 11.6 Å². The van der Waals surface area contributed by atoms with Crippen molar-refractivity contribution in [1.29, 1.82) is 0 Å². The molecule has 1 amide bonds. The molecule has 1 heterocycles. The van der Waals surface area contributed by atoms with Crippen LogP contribution in [0.3, 0.4) is 0 Å². The molecule has 0 radical (unpaired) electrons. The van der Waals surface area contributed by atoms with E-state index in [0.717, 1.165) is 17.7 Å². The van der Waals surface area contributed by atoms with Crippen LogP contribution in [0.2, 0.25) is 5.02 Å². The quantitative estimate of drug-likeness (QED) is 0.734. The molecule has 0 saturated carbocycles. The summed E-state index contributed by atoms with van der Waals surface area (Å²) in [5.74, 6) is 0.178. The van der Waals surface area contributed by atoms with E-state index in [9.17, 15) is 13.6 Å². The van der Waals surface area contributed by atoms with Gasteiger partial charge in [-0.2, -0.15) is 8.78 Å². The molecule has 152 valence electrons. The van der Waals surface area contributed by atoms with Crippen LogP contribution in [0.15, 0.2) is 48.5 Å². The zero-order valence-electron chi connectivity index (χ0n) is 15.1. The standard InChI is InChI=1S/C20H21ClF2N2O2.ClH/c21-16-3-1-2-15(12-16)18-13-24-10-11-25(18)19(26)9-6-14-4-7-17(8-5-14)27-20(22)23;/h1-5,7-8,12,18,20,24H,6,9-11,13H2;1H. The number of piperazine rings is 1. The summed E-state index contributed by atoms with van der Waals surface area (Å²) in [5, 5.41) is 3.97. The minimum atomic E-state index is -2.84. The molecule has 0 aliphatic carbocycles. The highest BCUT2D eigenvalue weighted by molar-refractivity contribution is 6.30. The van der Waals surface area contributed by atoms with Crippen LogP contribution in [-0.2, 0) is 11.2 Å². The van der Waals surface area contributed by atoms with Crippen molar-refractivity contribution >= 4 is 29.9 Å². The van der Waals surface area contributed by atoms with E-state index in [1.165, 1.54) is 12.1 Å². The number of aryl methyl sites for hydroxylation is 1. The molecule has 3 rings (SSSR count). The third-order valence-corrected chi connectivity index (χ3v) is 4.81. The largest absolute Gasteiger partial charge is 0.435 e. The van der Waals surface area contributed by atoms with Crippen molar-refractivity contribution < 1.29 is 18.3 Å². The van der Waals surface area contributed by atoms with Gasteiger partial charge < -0.3 is 15.0 Å². The summed E-state index contributed by atoms with van der Waals surface area (Å²) in [6.45, 7) is -0.764. The smallest absolute Gasteiger partial charge is 0.387 e. The summed E-state index contributed by atoms with van der Waals surface area (Å²) in [6.07, 6.45) is 0.895. The van der Waals surface area contributed by atoms with Crippen LogP contribution in [-0.4, -0.2) is 37.1 Å². The Balaban J connectivity index is 0.00000280. The number of carbonyl (C=O) groups is 1. The first-order chi connectivity index (χ1) is 13.0. The van der Waals surface area contributed by atoms with Gasteiger partial charge in [-0.05, 0) is 41.8 Å². The highest BCUT2D eigenvalue weighted by atomic mass is 35.5. The van der Waals surface area contributed by atoms with Crippen molar-refractivity contribution in [2.45, 2.75) is 25.5 Å². The molecule has 2 aromatic rings. The van der Waals surface area contributed by atoms with Crippen LogP contribution in [0.1, 0.15) is 23.6 Å². The Morgan fingerprint density at radius 3 is 2.68 bits per heavy atom. The fourth-order valence-electron chi connectivity index (χ4n) is 3.25. The molecule has 8 heteroatoms. The Morgan fingerprint density at radius 2 is 2.00 bits per heavy atom. The van der Waals surface area contributed by atoms with E-state index >= 15 is 0 Å². The van der Waals surface area contributed by atoms with Crippen molar-refractivity contribution in [3.8, 4) is 5.75 Å². The number of hydrogen-bond acceptors (Lipinski definition) is 3. The van der Waals surface area contributed by atoms with Gasteiger partial charge in [0.2, 0.25) is 5.91 Å². The summed E-state index contributed by atoms with van der Waals surface area (Å²) >= 11 is 6.10. The van der Waals surface area contributed by atoms with Gasteiger partial charge in [0.05, 0.1) is 6.04 Å². The van der Waals surface area contributed by atoms with Gasteiger partial charge in [0.15, 0.2) is 0 Å². The van der Waals surface area contributed by atoms with Crippen molar-refractivity contribution in [2.75, 3.05) is 19.6 Å². The second-order valence-electron chi connectivity index (χ2n) is 6.38. The lowest BCUT2D eigenvalue weighted by molar-refractivity contribution is -0.134. The molecule has 1 aliphatic heterocycles. The van der Waals surface area contributed by atoms with Gasteiger partial charge in [0, 0.05) is 31.1 Å². The average Bonchev–Trinajstić information content (AvgIpc) is 2.67. The Morgan fingerprint density at radius 1 is 1.25 bits per heavy atom. The maximum absolute atomic E-state index is 12.8. The number of nitrogens with one attached hydrogen (secondary N) is 1. The molecule has 1 aliphatic rings. The van der Waals surface area contributed by atoms with Gasteiger partial charge in [-0.3, -0.25) is 4.79 Å². The Hall–Kier alpha value is -1.89. The minimum Gasteiger partial charge on any atom is -0.435 e. The summed E-state index contributed by atoms with van der Waals surface area (Å²) < 4.78 is 28.7. The van der Waals surface area contributed by atoms with Crippen LogP contribution in [0.5, 0.6) is 5.75 Å². The van der Waals surface area contributed by atoms with E-state index in [1.807, 2.05) is 29.2 Å². The number of alkyl halides is 2. The van der Waals surface area contributed by atoms with Crippen molar-refractivity contribution in [3.05, 3.63) is 64.7 Å². The number of rotatable bonds is 6. The van der Waals surface area contributed by atoms with Gasteiger partial charge >= 0.3 is 6.61 Å². The van der Waals surface area contributed by atoms with Crippen molar-refractivity contribution in [3.63, 3.8) is 0 Å². The van der Waals surface area contributed by atoms with E-state index in [-0.39, 0.29) is 30.1 Å². The van der Waals surface area contributed by atoms with Gasteiger partial charge in [0.1, 0.15) is 5.75 Å². The monoisotopic (exact) mass is 430 g/mol. The van der Waals surface area contributed by atoms with Crippen LogP contribution >= 0.6 is 24.0 Å². The van der Waals surface area contributed by atoms with Crippen LogP contribution < -0.4 is 10.1 Å². The van der Waals surface area contributed by atoms with E-state index in [2.05, 4.69) is 10.1 Å². The number of nitrogens with zero attached hydrogens (tertiary/aromatic N) is 1. The Labute approximate surface area is 174 Å². The lowest BCUT2D eigenvalue weighted by Gasteiger charge is -2.36. The van der Waals surface area contributed by atoms with Gasteiger partial charge in [-0.1, -0.05) is 35.9 Å². The fourth-order valence-corrected chi connectivity index (χ4v) is 3.45. The molecule has 2 aromatic carbocycles. The Bertz CT molecular complexity index is 775. The first-order valence-corrected chi connectivity index (χ1v) is 9.20. The maximum Gasteiger partial charge on any atom is 0.387 e. The minimum absolute atomic E-state index is 0. The van der Waals surface area contributed by atoms with Crippen molar-refractivity contribution in [1.82, 2.24) is 10.2 Å². The third kappa shape index (κ3) is 6.06. The van der Waals surface area contributed by atoms with Gasteiger partial charge in [-0.25, -0.2) is 0 Å². The third-order valence-electron chi connectivity index (χ3n) is 4.57. The number of ether oxygens (including phenoxy) is 1. The van der Waals surface area contributed by atoms with Gasteiger partial charge in [0.25, 0.3) is 0 Å². The topological polar surface area (TPSA) is 41.6 Å². The zero-order chi connectivity index (χ0) is 19.2. The predicted octanol–water partition coefficient (Wildman–Crippen LogP) is 4.47. The van der Waals surface area contributed by atoms with E-state index < -0.39 is 6.61 Å². The predicted molar refractivity (Wildman–Crippen MR) is 107 cm³/mol. The first-order valence-electron chi connectivity index (χ1n) is 8.82. The second kappa shape index (κ2) is 10.6. The molecule has 0 bridgehead atoms. The number of amides is 1. The molecule has 1 fully saturated rings. The molecular formula is C20H22Cl2F2N2O2. The molecule has 1 unspecified atom stereocenters. The molecule has 1 N–H and O–H groups in total. The summed E-state index contributed by atoms with van der Waals surface area (Å²) in [4.78, 5) is 14.7. The SMILES string of the molecule is Cl.O=C(CCc1ccc(OC(F)F)cc1)N1CCNCC1c1cccc(Cl)c1. The number of carbonyl (C=O) groups excluding carboxylic acids is 1. The Kier molecular flexibility index (Phi) is 8.48. The van der Waals surface area contributed by atoms with E-state index in [1.54, 1.807) is 12.1 Å². The highest BCUT2D eigenvalue weighted by Gasteiger charge is 2.27. The molecule has 1 saturated heterocycles. The normalized spacial score (nSPS) is 16.6. The van der Waals surface area contributed by atoms with Gasteiger partial charge in [-0.15, -0.1) is 12.4 Å². The average molecular weight is 431 g/mol. The maximum atomic E-state index is 12.8. The molecule has 0 spiro atoms. The second-order valence-corrected chi connectivity index (χ2v) is 6.82. The summed E-state index contributed by atoms with van der Waals surface area (Å²) in [7, 11) is 0. The lowest BCUT2D eigenvalue weighted by Crippen LogP contribution is -2.48. The number of hydrogen-bond donors (Lipinski definition) is 1. The number of benzene rings is 2. The molecule has 0 aromatic heterocycles. The first kappa shape index (κ1) is 22.4. The molecular weight excluding hydrogens is 409 g/mol. The molecule has 28 heavy (non-hydrogen) atoms. The summed E-state index contributed by atoms with van der Waals surface area (Å²) in [6, 6.07) is 13.9.